The minimum absolute atomic E-state index is 0.878. The Hall–Kier alpha value is -3.46. The Bertz CT molecular complexity index is 1180. The fourth-order valence-electron chi connectivity index (χ4n) is 3.23. The smallest absolute Gasteiger partial charge is 0.164 e. The van der Waals surface area contributed by atoms with Gasteiger partial charge in [0.15, 0.2) is 5.65 Å². The number of hydrogen-bond acceptors (Lipinski definition) is 2. The predicted molar refractivity (Wildman–Crippen MR) is 102 cm³/mol. The van der Waals surface area contributed by atoms with Gasteiger partial charge in [-0.05, 0) is 35.9 Å². The Balaban J connectivity index is 1.90. The molecule has 0 spiro atoms. The van der Waals surface area contributed by atoms with Gasteiger partial charge in [0.25, 0.3) is 0 Å². The van der Waals surface area contributed by atoms with E-state index in [1.54, 1.807) is 0 Å². The highest BCUT2D eigenvalue weighted by molar-refractivity contribution is 5.90. The van der Waals surface area contributed by atoms with Crippen LogP contribution in [0.15, 0.2) is 91.0 Å². The molecule has 0 radical (unpaired) electrons. The van der Waals surface area contributed by atoms with Gasteiger partial charge < -0.3 is 0 Å². The first kappa shape index (κ1) is 13.9. The molecule has 3 nitrogen and oxygen atoms in total. The molecule has 0 unspecified atom stereocenters. The molecule has 2 heterocycles. The number of nitrogens with zero attached hydrogens (tertiary/aromatic N) is 3. The summed E-state index contributed by atoms with van der Waals surface area (Å²) in [6.45, 7) is 0. The van der Waals surface area contributed by atoms with Gasteiger partial charge in [-0.1, -0.05) is 60.7 Å². The Labute approximate surface area is 145 Å². The minimum Gasteiger partial charge on any atom is -0.293 e. The molecule has 3 heteroatoms. The third kappa shape index (κ3) is 2.29. The van der Waals surface area contributed by atoms with Crippen LogP contribution in [-0.2, 0) is 0 Å². The van der Waals surface area contributed by atoms with E-state index in [1.807, 2.05) is 48.5 Å². The number of fused-ring (bicyclic) bond motifs is 2. The molecule has 0 aliphatic rings. The largest absolute Gasteiger partial charge is 0.293 e. The first-order chi connectivity index (χ1) is 12.4. The van der Waals surface area contributed by atoms with Crippen LogP contribution in [0, 0.1) is 0 Å². The van der Waals surface area contributed by atoms with E-state index in [4.69, 9.17) is 9.97 Å². The van der Waals surface area contributed by atoms with Gasteiger partial charge in [0, 0.05) is 5.69 Å². The molecule has 118 valence electrons. The van der Waals surface area contributed by atoms with Crippen LogP contribution < -0.4 is 0 Å². The van der Waals surface area contributed by atoms with Crippen LogP contribution in [0.2, 0.25) is 0 Å². The average molecular weight is 321 g/mol. The molecule has 5 aromatic rings. The minimum atomic E-state index is 0.878. The van der Waals surface area contributed by atoms with E-state index in [2.05, 4.69) is 47.0 Å². The van der Waals surface area contributed by atoms with Gasteiger partial charge in [0.1, 0.15) is 5.52 Å². The topological polar surface area (TPSA) is 30.7 Å². The Kier molecular flexibility index (Phi) is 3.10. The molecule has 0 saturated carbocycles. The zero-order valence-corrected chi connectivity index (χ0v) is 13.5. The van der Waals surface area contributed by atoms with Crippen LogP contribution >= 0.6 is 0 Å². The number of hydrogen-bond donors (Lipinski definition) is 0. The summed E-state index contributed by atoms with van der Waals surface area (Å²) in [7, 11) is 0. The van der Waals surface area contributed by atoms with Crippen molar-refractivity contribution in [2.24, 2.45) is 0 Å². The maximum Gasteiger partial charge on any atom is 0.164 e. The van der Waals surface area contributed by atoms with Crippen molar-refractivity contribution in [3.8, 4) is 16.9 Å². The lowest BCUT2D eigenvalue weighted by atomic mass is 10.1. The Morgan fingerprint density at radius 3 is 1.88 bits per heavy atom. The van der Waals surface area contributed by atoms with Crippen LogP contribution in [0.3, 0.4) is 0 Å². The van der Waals surface area contributed by atoms with E-state index in [1.165, 1.54) is 0 Å². The first-order valence-electron chi connectivity index (χ1n) is 8.29. The van der Waals surface area contributed by atoms with Crippen LogP contribution in [-0.4, -0.2) is 14.5 Å². The summed E-state index contributed by atoms with van der Waals surface area (Å²) in [5.74, 6) is 0. The van der Waals surface area contributed by atoms with E-state index < -0.39 is 0 Å². The maximum absolute atomic E-state index is 4.90. The zero-order chi connectivity index (χ0) is 16.6. The van der Waals surface area contributed by atoms with Crippen LogP contribution in [0.4, 0.5) is 0 Å². The highest BCUT2D eigenvalue weighted by atomic mass is 15.1. The normalized spacial score (nSPS) is 11.2. The van der Waals surface area contributed by atoms with Crippen LogP contribution in [0.5, 0.6) is 0 Å². The van der Waals surface area contributed by atoms with Crippen molar-refractivity contribution in [3.63, 3.8) is 0 Å². The van der Waals surface area contributed by atoms with Crippen molar-refractivity contribution >= 4 is 22.2 Å². The van der Waals surface area contributed by atoms with E-state index in [9.17, 15) is 0 Å². The monoisotopic (exact) mass is 321 g/mol. The highest BCUT2D eigenvalue weighted by Gasteiger charge is 2.15. The van der Waals surface area contributed by atoms with Gasteiger partial charge in [-0.25, -0.2) is 9.97 Å². The molecule has 0 aliphatic heterocycles. The molecule has 0 amide bonds. The number of benzene rings is 3. The second-order valence-corrected chi connectivity index (χ2v) is 5.99. The molecule has 3 aromatic carbocycles. The molecule has 2 aromatic heterocycles. The molecule has 0 N–H and O–H groups in total. The van der Waals surface area contributed by atoms with E-state index >= 15 is 0 Å². The van der Waals surface area contributed by atoms with Crippen molar-refractivity contribution < 1.29 is 0 Å². The summed E-state index contributed by atoms with van der Waals surface area (Å²) in [4.78, 5) is 9.73. The van der Waals surface area contributed by atoms with Gasteiger partial charge in [-0.15, -0.1) is 0 Å². The second-order valence-electron chi connectivity index (χ2n) is 5.99. The molecule has 25 heavy (non-hydrogen) atoms. The zero-order valence-electron chi connectivity index (χ0n) is 13.5. The lowest BCUT2D eigenvalue weighted by molar-refractivity contribution is 1.10. The Morgan fingerprint density at radius 1 is 0.560 bits per heavy atom. The summed E-state index contributed by atoms with van der Waals surface area (Å²) in [6.07, 6.45) is 0. The van der Waals surface area contributed by atoms with Crippen molar-refractivity contribution in [1.29, 1.82) is 0 Å². The van der Waals surface area contributed by atoms with Gasteiger partial charge in [0.2, 0.25) is 0 Å². The van der Waals surface area contributed by atoms with E-state index in [0.717, 1.165) is 39.1 Å². The van der Waals surface area contributed by atoms with Crippen molar-refractivity contribution in [3.05, 3.63) is 91.0 Å². The quantitative estimate of drug-likeness (QED) is 0.445. The van der Waals surface area contributed by atoms with Gasteiger partial charge in [-0.3, -0.25) is 4.57 Å². The molecular weight excluding hydrogens is 306 g/mol. The maximum atomic E-state index is 4.90. The lowest BCUT2D eigenvalue weighted by Gasteiger charge is -2.10. The van der Waals surface area contributed by atoms with E-state index in [0.29, 0.717) is 0 Å². The number of para-hydroxylation sites is 3. The van der Waals surface area contributed by atoms with Gasteiger partial charge in [0.05, 0.1) is 16.7 Å². The van der Waals surface area contributed by atoms with Crippen LogP contribution in [0.25, 0.3) is 39.1 Å². The number of rotatable bonds is 2. The van der Waals surface area contributed by atoms with E-state index in [-0.39, 0.29) is 0 Å². The average Bonchev–Trinajstić information content (AvgIpc) is 3.06. The van der Waals surface area contributed by atoms with Gasteiger partial charge in [-0.2, -0.15) is 0 Å². The molecule has 0 fully saturated rings. The molecule has 0 atom stereocenters. The third-order valence-corrected chi connectivity index (χ3v) is 4.39. The van der Waals surface area contributed by atoms with Crippen LogP contribution in [0.1, 0.15) is 0 Å². The second kappa shape index (κ2) is 5.56. The fourth-order valence-corrected chi connectivity index (χ4v) is 3.23. The summed E-state index contributed by atoms with van der Waals surface area (Å²) in [5, 5.41) is 0. The SMILES string of the molecule is c1ccc(-c2cc3nc4ccccc4nc3n2-c2ccccc2)cc1. The molecule has 0 saturated heterocycles. The summed E-state index contributed by atoms with van der Waals surface area (Å²) in [5.41, 5.74) is 6.93. The van der Waals surface area contributed by atoms with Crippen molar-refractivity contribution in [2.45, 2.75) is 0 Å². The molecule has 0 aliphatic carbocycles. The highest BCUT2D eigenvalue weighted by Crippen LogP contribution is 2.30. The Morgan fingerprint density at radius 2 is 1.16 bits per heavy atom. The predicted octanol–water partition coefficient (Wildman–Crippen LogP) is 5.24. The fraction of sp³-hybridized carbons (Fsp3) is 0. The third-order valence-electron chi connectivity index (χ3n) is 4.39. The van der Waals surface area contributed by atoms with Crippen molar-refractivity contribution in [1.82, 2.24) is 14.5 Å². The molecule has 0 bridgehead atoms. The summed E-state index contributed by atoms with van der Waals surface area (Å²) in [6, 6.07) is 30.8. The summed E-state index contributed by atoms with van der Waals surface area (Å²) < 4.78 is 2.18. The standard InChI is InChI=1S/C22H15N3/c1-3-9-16(10-4-1)21-15-20-22(25(21)17-11-5-2-6-12-17)24-19-14-8-7-13-18(19)23-20/h1-15H. The number of aromatic nitrogens is 3. The lowest BCUT2D eigenvalue weighted by Crippen LogP contribution is -1.98. The summed E-state index contributed by atoms with van der Waals surface area (Å²) >= 11 is 0. The van der Waals surface area contributed by atoms with Crippen molar-refractivity contribution in [2.75, 3.05) is 0 Å². The molecule has 5 rings (SSSR count). The molecular formula is C22H15N3. The van der Waals surface area contributed by atoms with Gasteiger partial charge >= 0.3 is 0 Å². The first-order valence-corrected chi connectivity index (χ1v) is 8.29.